The molecular formula is C18H16N4O2S. The van der Waals surface area contributed by atoms with Gasteiger partial charge in [0.2, 0.25) is 5.91 Å². The van der Waals surface area contributed by atoms with Gasteiger partial charge in [-0.1, -0.05) is 6.07 Å². The van der Waals surface area contributed by atoms with Crippen LogP contribution in [0.4, 0.5) is 0 Å². The monoisotopic (exact) mass is 352 g/mol. The normalized spacial score (nSPS) is 13.5. The molecular weight excluding hydrogens is 336 g/mol. The predicted octanol–water partition coefficient (Wildman–Crippen LogP) is 1.95. The number of carbonyl (C=O) groups excluding carboxylic acids is 1. The molecule has 0 radical (unpaired) electrons. The lowest BCUT2D eigenvalue weighted by atomic mass is 10.0. The number of pyridine rings is 1. The first-order valence-corrected chi connectivity index (χ1v) is 8.95. The van der Waals surface area contributed by atoms with E-state index < -0.39 is 0 Å². The summed E-state index contributed by atoms with van der Waals surface area (Å²) in [5, 5.41) is 4.06. The summed E-state index contributed by atoms with van der Waals surface area (Å²) < 4.78 is 1.43. The molecule has 0 saturated heterocycles. The van der Waals surface area contributed by atoms with E-state index in [0.29, 0.717) is 19.5 Å². The van der Waals surface area contributed by atoms with E-state index in [2.05, 4.69) is 9.97 Å². The lowest BCUT2D eigenvalue weighted by Crippen LogP contribution is -2.40. The van der Waals surface area contributed by atoms with Crippen LogP contribution < -0.4 is 5.56 Å². The number of rotatable bonds is 3. The second kappa shape index (κ2) is 6.60. The van der Waals surface area contributed by atoms with Crippen molar-refractivity contribution in [2.24, 2.45) is 0 Å². The number of fused-ring (bicyclic) bond motifs is 1. The second-order valence-electron chi connectivity index (χ2n) is 5.89. The first-order valence-electron chi connectivity index (χ1n) is 8.01. The van der Waals surface area contributed by atoms with Crippen LogP contribution in [0.1, 0.15) is 11.3 Å². The summed E-state index contributed by atoms with van der Waals surface area (Å²) >= 11 is 1.62. The molecule has 1 aliphatic heterocycles. The van der Waals surface area contributed by atoms with Crippen LogP contribution in [-0.2, 0) is 24.3 Å². The van der Waals surface area contributed by atoms with Crippen LogP contribution in [0.15, 0.2) is 52.3 Å². The molecule has 3 aromatic rings. The summed E-state index contributed by atoms with van der Waals surface area (Å²) in [5.74, 6) is -0.0703. The zero-order chi connectivity index (χ0) is 17.2. The standard InChI is InChI=1S/C18H16N4O2S/c23-16-3-1-2-6-21(16)10-17(24)22-7-4-15-14(9-22)18(20-12-19-15)13-5-8-25-11-13/h1-3,5-6,8,11-12H,4,7,9-10H2. The SMILES string of the molecule is O=C(Cn1ccccc1=O)N1CCc2ncnc(-c3ccsc3)c2C1. The molecule has 0 atom stereocenters. The quantitative estimate of drug-likeness (QED) is 0.723. The molecule has 7 heteroatoms. The van der Waals surface area contributed by atoms with Gasteiger partial charge in [-0.05, 0) is 17.5 Å². The van der Waals surface area contributed by atoms with Gasteiger partial charge in [0.15, 0.2) is 0 Å². The average molecular weight is 352 g/mol. The molecule has 6 nitrogen and oxygen atoms in total. The van der Waals surface area contributed by atoms with Crippen molar-refractivity contribution >= 4 is 17.2 Å². The third-order valence-corrected chi connectivity index (χ3v) is 5.04. The number of amides is 1. The molecule has 0 saturated carbocycles. The van der Waals surface area contributed by atoms with Crippen molar-refractivity contribution in [1.29, 1.82) is 0 Å². The Balaban J connectivity index is 1.59. The minimum absolute atomic E-state index is 0.0521. The van der Waals surface area contributed by atoms with E-state index in [9.17, 15) is 9.59 Å². The Kier molecular flexibility index (Phi) is 4.15. The number of aromatic nitrogens is 3. The number of hydrogen-bond acceptors (Lipinski definition) is 5. The molecule has 4 heterocycles. The molecule has 0 unspecified atom stereocenters. The van der Waals surface area contributed by atoms with E-state index in [1.807, 2.05) is 16.8 Å². The number of nitrogens with zero attached hydrogens (tertiary/aromatic N) is 4. The van der Waals surface area contributed by atoms with Crippen LogP contribution in [0, 0.1) is 0 Å². The third kappa shape index (κ3) is 3.10. The Bertz CT molecular complexity index is 965. The first kappa shape index (κ1) is 15.7. The second-order valence-corrected chi connectivity index (χ2v) is 6.67. The van der Waals surface area contributed by atoms with Crippen LogP contribution in [0.3, 0.4) is 0 Å². The maximum atomic E-state index is 12.7. The van der Waals surface area contributed by atoms with Crippen molar-refractivity contribution in [3.05, 3.63) is 69.2 Å². The van der Waals surface area contributed by atoms with Crippen molar-refractivity contribution in [2.75, 3.05) is 6.54 Å². The van der Waals surface area contributed by atoms with E-state index >= 15 is 0 Å². The maximum absolute atomic E-state index is 12.7. The average Bonchev–Trinajstić information content (AvgIpc) is 3.17. The van der Waals surface area contributed by atoms with Gasteiger partial charge in [0, 0.05) is 48.3 Å². The fraction of sp³-hybridized carbons (Fsp3) is 0.222. The van der Waals surface area contributed by atoms with Gasteiger partial charge >= 0.3 is 0 Å². The fourth-order valence-electron chi connectivity index (χ4n) is 3.04. The number of hydrogen-bond donors (Lipinski definition) is 0. The molecule has 0 spiro atoms. The first-order chi connectivity index (χ1) is 12.2. The van der Waals surface area contributed by atoms with Crippen molar-refractivity contribution in [3.63, 3.8) is 0 Å². The molecule has 0 aliphatic carbocycles. The highest BCUT2D eigenvalue weighted by atomic mass is 32.1. The highest BCUT2D eigenvalue weighted by molar-refractivity contribution is 7.08. The molecule has 1 aliphatic rings. The minimum atomic E-state index is -0.171. The van der Waals surface area contributed by atoms with E-state index in [0.717, 1.165) is 22.5 Å². The van der Waals surface area contributed by atoms with Crippen molar-refractivity contribution < 1.29 is 4.79 Å². The van der Waals surface area contributed by atoms with E-state index in [1.165, 1.54) is 10.6 Å². The molecule has 1 amide bonds. The van der Waals surface area contributed by atoms with Crippen LogP contribution in [-0.4, -0.2) is 31.9 Å². The summed E-state index contributed by atoms with van der Waals surface area (Å²) in [4.78, 5) is 35.1. The third-order valence-electron chi connectivity index (χ3n) is 4.35. The Morgan fingerprint density at radius 2 is 2.16 bits per heavy atom. The number of carbonyl (C=O) groups is 1. The smallest absolute Gasteiger partial charge is 0.250 e. The van der Waals surface area contributed by atoms with Gasteiger partial charge in [-0.15, -0.1) is 0 Å². The molecule has 4 rings (SSSR count). The van der Waals surface area contributed by atoms with Crippen LogP contribution in [0.25, 0.3) is 11.3 Å². The van der Waals surface area contributed by atoms with Gasteiger partial charge in [-0.3, -0.25) is 9.59 Å². The van der Waals surface area contributed by atoms with Crippen LogP contribution in [0.5, 0.6) is 0 Å². The summed E-state index contributed by atoms with van der Waals surface area (Å²) in [6.45, 7) is 1.13. The van der Waals surface area contributed by atoms with Gasteiger partial charge in [-0.2, -0.15) is 11.3 Å². The minimum Gasteiger partial charge on any atom is -0.336 e. The molecule has 3 aromatic heterocycles. The topological polar surface area (TPSA) is 68.1 Å². The zero-order valence-corrected chi connectivity index (χ0v) is 14.3. The Labute approximate surface area is 148 Å². The fourth-order valence-corrected chi connectivity index (χ4v) is 3.68. The van der Waals surface area contributed by atoms with Crippen LogP contribution in [0.2, 0.25) is 0 Å². The van der Waals surface area contributed by atoms with Crippen LogP contribution >= 0.6 is 11.3 Å². The summed E-state index contributed by atoms with van der Waals surface area (Å²) in [5.41, 5.74) is 3.77. The van der Waals surface area contributed by atoms with Gasteiger partial charge in [0.05, 0.1) is 11.4 Å². The highest BCUT2D eigenvalue weighted by Crippen LogP contribution is 2.28. The molecule has 126 valence electrons. The lowest BCUT2D eigenvalue weighted by molar-refractivity contribution is -0.132. The Morgan fingerprint density at radius 3 is 2.96 bits per heavy atom. The zero-order valence-electron chi connectivity index (χ0n) is 13.5. The lowest BCUT2D eigenvalue weighted by Gasteiger charge is -2.29. The largest absolute Gasteiger partial charge is 0.336 e. The summed E-state index contributed by atoms with van der Waals surface area (Å²) in [7, 11) is 0. The Hall–Kier alpha value is -2.80. The predicted molar refractivity (Wildman–Crippen MR) is 95.2 cm³/mol. The molecule has 0 aromatic carbocycles. The van der Waals surface area contributed by atoms with Crippen molar-refractivity contribution in [2.45, 2.75) is 19.5 Å². The van der Waals surface area contributed by atoms with Gasteiger partial charge in [-0.25, -0.2) is 9.97 Å². The van der Waals surface area contributed by atoms with Gasteiger partial charge < -0.3 is 9.47 Å². The molecule has 0 bridgehead atoms. The van der Waals surface area contributed by atoms with Gasteiger partial charge in [0.25, 0.3) is 5.56 Å². The van der Waals surface area contributed by atoms with E-state index in [4.69, 9.17) is 0 Å². The highest BCUT2D eigenvalue weighted by Gasteiger charge is 2.25. The van der Waals surface area contributed by atoms with E-state index in [1.54, 1.807) is 40.9 Å². The molecule has 25 heavy (non-hydrogen) atoms. The van der Waals surface area contributed by atoms with Crippen molar-refractivity contribution in [3.8, 4) is 11.3 Å². The maximum Gasteiger partial charge on any atom is 0.250 e. The summed E-state index contributed by atoms with van der Waals surface area (Å²) in [6, 6.07) is 6.91. The van der Waals surface area contributed by atoms with E-state index in [-0.39, 0.29) is 18.0 Å². The van der Waals surface area contributed by atoms with Crippen molar-refractivity contribution in [1.82, 2.24) is 19.4 Å². The molecule has 0 fully saturated rings. The molecule has 0 N–H and O–H groups in total. The van der Waals surface area contributed by atoms with Gasteiger partial charge in [0.1, 0.15) is 12.9 Å². The number of thiophene rings is 1. The Morgan fingerprint density at radius 1 is 1.24 bits per heavy atom. The summed E-state index contributed by atoms with van der Waals surface area (Å²) in [6.07, 6.45) is 3.93.